The molecule has 0 atom stereocenters. The minimum Gasteiger partial charge on any atom is -0.142 e. The fraction of sp³-hybridized carbons (Fsp3) is 0.200. The van der Waals surface area contributed by atoms with E-state index in [9.17, 15) is 0 Å². The van der Waals surface area contributed by atoms with Crippen LogP contribution in [0.25, 0.3) is 10.1 Å². The second kappa shape index (κ2) is 3.08. The number of fused-ring (bicyclic) bond motifs is 1. The molecule has 2 rings (SSSR count). The monoisotopic (exact) mass is 196 g/mol. The molecular weight excluding hydrogens is 188 g/mol. The molecule has 0 aliphatic carbocycles. The Labute approximate surface area is 80.8 Å². The summed E-state index contributed by atoms with van der Waals surface area (Å²) in [5.74, 6) is 0. The minimum atomic E-state index is 0.872. The average Bonchev–Trinajstić information content (AvgIpc) is 2.54. The van der Waals surface area contributed by atoms with E-state index < -0.39 is 0 Å². The van der Waals surface area contributed by atoms with Gasteiger partial charge in [0.25, 0.3) is 0 Å². The molecule has 62 valence electrons. The van der Waals surface area contributed by atoms with Crippen molar-refractivity contribution in [3.63, 3.8) is 0 Å². The van der Waals surface area contributed by atoms with Gasteiger partial charge in [-0.05, 0) is 34.9 Å². The summed E-state index contributed by atoms with van der Waals surface area (Å²) in [6, 6.07) is 6.24. The molecule has 0 saturated carbocycles. The van der Waals surface area contributed by atoms with Crippen LogP contribution in [0.2, 0.25) is 5.02 Å². The van der Waals surface area contributed by atoms with Gasteiger partial charge >= 0.3 is 0 Å². The Hall–Kier alpha value is -0.530. The van der Waals surface area contributed by atoms with E-state index in [-0.39, 0.29) is 0 Å². The van der Waals surface area contributed by atoms with Crippen molar-refractivity contribution in [3.8, 4) is 0 Å². The molecule has 0 N–H and O–H groups in total. The lowest BCUT2D eigenvalue weighted by atomic mass is 10.1. The highest BCUT2D eigenvalue weighted by atomic mass is 35.5. The molecule has 1 aromatic heterocycles. The van der Waals surface area contributed by atoms with Gasteiger partial charge in [-0.15, -0.1) is 11.3 Å². The highest BCUT2D eigenvalue weighted by Gasteiger charge is 2.03. The Morgan fingerprint density at radius 2 is 2.17 bits per heavy atom. The number of aryl methyl sites for hydroxylation is 1. The molecule has 0 aliphatic rings. The Morgan fingerprint density at radius 1 is 1.33 bits per heavy atom. The molecule has 0 fully saturated rings. The Morgan fingerprint density at radius 3 is 2.92 bits per heavy atom. The van der Waals surface area contributed by atoms with Crippen molar-refractivity contribution in [1.82, 2.24) is 0 Å². The van der Waals surface area contributed by atoms with E-state index in [0.717, 1.165) is 11.4 Å². The maximum Gasteiger partial charge on any atom is 0.0584 e. The van der Waals surface area contributed by atoms with Gasteiger partial charge < -0.3 is 0 Å². The summed E-state index contributed by atoms with van der Waals surface area (Å²) in [6.07, 6.45) is 1.07. The molecule has 2 heteroatoms. The molecule has 0 unspecified atom stereocenters. The van der Waals surface area contributed by atoms with Crippen LogP contribution in [0.4, 0.5) is 0 Å². The highest BCUT2D eigenvalue weighted by molar-refractivity contribution is 7.17. The molecular formula is C10H9ClS. The SMILES string of the molecule is CCc1ccc(Cl)c2sccc12. The number of rotatable bonds is 1. The molecule has 0 radical (unpaired) electrons. The molecule has 0 spiro atoms. The second-order valence-electron chi connectivity index (χ2n) is 2.72. The van der Waals surface area contributed by atoms with Crippen LogP contribution in [0.1, 0.15) is 12.5 Å². The normalized spacial score (nSPS) is 10.8. The first-order valence-corrected chi connectivity index (χ1v) is 5.23. The van der Waals surface area contributed by atoms with Crippen molar-refractivity contribution in [2.75, 3.05) is 0 Å². The zero-order chi connectivity index (χ0) is 8.55. The predicted octanol–water partition coefficient (Wildman–Crippen LogP) is 4.12. The fourth-order valence-corrected chi connectivity index (χ4v) is 2.54. The van der Waals surface area contributed by atoms with E-state index in [2.05, 4.69) is 24.4 Å². The Bertz CT molecular complexity index is 403. The van der Waals surface area contributed by atoms with Crippen LogP contribution in [-0.2, 0) is 6.42 Å². The van der Waals surface area contributed by atoms with E-state index in [1.165, 1.54) is 15.6 Å². The summed E-state index contributed by atoms with van der Waals surface area (Å²) in [6.45, 7) is 2.17. The lowest BCUT2D eigenvalue weighted by Crippen LogP contribution is -1.79. The Kier molecular flexibility index (Phi) is 2.07. The van der Waals surface area contributed by atoms with Gasteiger partial charge in [0.2, 0.25) is 0 Å². The maximum absolute atomic E-state index is 6.04. The van der Waals surface area contributed by atoms with Crippen LogP contribution in [0.15, 0.2) is 23.6 Å². The topological polar surface area (TPSA) is 0 Å². The van der Waals surface area contributed by atoms with Gasteiger partial charge in [-0.3, -0.25) is 0 Å². The van der Waals surface area contributed by atoms with E-state index in [1.807, 2.05) is 6.07 Å². The predicted molar refractivity (Wildman–Crippen MR) is 56.2 cm³/mol. The lowest BCUT2D eigenvalue weighted by Gasteiger charge is -1.99. The van der Waals surface area contributed by atoms with Crippen LogP contribution in [-0.4, -0.2) is 0 Å². The van der Waals surface area contributed by atoms with Crippen molar-refractivity contribution < 1.29 is 0 Å². The molecule has 0 nitrogen and oxygen atoms in total. The third-order valence-electron chi connectivity index (χ3n) is 2.04. The molecule has 0 bridgehead atoms. The smallest absolute Gasteiger partial charge is 0.0584 e. The zero-order valence-electron chi connectivity index (χ0n) is 6.80. The van der Waals surface area contributed by atoms with Gasteiger partial charge in [-0.1, -0.05) is 24.6 Å². The molecule has 12 heavy (non-hydrogen) atoms. The largest absolute Gasteiger partial charge is 0.142 e. The summed E-state index contributed by atoms with van der Waals surface area (Å²) in [5.41, 5.74) is 1.38. The van der Waals surface area contributed by atoms with Crippen LogP contribution < -0.4 is 0 Å². The first-order valence-electron chi connectivity index (χ1n) is 3.97. The molecule has 0 aliphatic heterocycles. The van der Waals surface area contributed by atoms with Crippen molar-refractivity contribution in [1.29, 1.82) is 0 Å². The quantitative estimate of drug-likeness (QED) is 0.644. The third kappa shape index (κ3) is 1.13. The standard InChI is InChI=1S/C10H9ClS/c1-2-7-3-4-9(11)10-8(7)5-6-12-10/h3-6H,2H2,1H3. The molecule has 0 saturated heterocycles. The second-order valence-corrected chi connectivity index (χ2v) is 4.05. The molecule has 1 aromatic carbocycles. The summed E-state index contributed by atoms with van der Waals surface area (Å²) in [5, 5.41) is 4.28. The zero-order valence-corrected chi connectivity index (χ0v) is 8.38. The first-order chi connectivity index (χ1) is 5.83. The highest BCUT2D eigenvalue weighted by Crippen LogP contribution is 2.31. The van der Waals surface area contributed by atoms with E-state index >= 15 is 0 Å². The van der Waals surface area contributed by atoms with Crippen molar-refractivity contribution >= 4 is 33.0 Å². The van der Waals surface area contributed by atoms with Crippen molar-refractivity contribution in [2.24, 2.45) is 0 Å². The molecule has 2 aromatic rings. The minimum absolute atomic E-state index is 0.872. The summed E-state index contributed by atoms with van der Waals surface area (Å²) >= 11 is 7.75. The number of benzene rings is 1. The van der Waals surface area contributed by atoms with E-state index in [0.29, 0.717) is 0 Å². The first kappa shape index (κ1) is 8.09. The van der Waals surface area contributed by atoms with Crippen LogP contribution >= 0.6 is 22.9 Å². The van der Waals surface area contributed by atoms with Gasteiger partial charge in [0.15, 0.2) is 0 Å². The van der Waals surface area contributed by atoms with Crippen LogP contribution in [0.5, 0.6) is 0 Å². The third-order valence-corrected chi connectivity index (χ3v) is 3.41. The molecule has 0 amide bonds. The summed E-state index contributed by atoms with van der Waals surface area (Å²) in [4.78, 5) is 0. The average molecular weight is 197 g/mol. The van der Waals surface area contributed by atoms with Crippen molar-refractivity contribution in [2.45, 2.75) is 13.3 Å². The summed E-state index contributed by atoms with van der Waals surface area (Å²) in [7, 11) is 0. The lowest BCUT2D eigenvalue weighted by molar-refractivity contribution is 1.16. The van der Waals surface area contributed by atoms with Crippen molar-refractivity contribution in [3.05, 3.63) is 34.2 Å². The van der Waals surface area contributed by atoms with E-state index in [4.69, 9.17) is 11.6 Å². The number of hydrogen-bond donors (Lipinski definition) is 0. The number of halogens is 1. The van der Waals surface area contributed by atoms with Crippen LogP contribution in [0, 0.1) is 0 Å². The van der Waals surface area contributed by atoms with Crippen LogP contribution in [0.3, 0.4) is 0 Å². The Balaban J connectivity index is 2.82. The number of hydrogen-bond acceptors (Lipinski definition) is 1. The molecule has 1 heterocycles. The fourth-order valence-electron chi connectivity index (χ4n) is 1.39. The van der Waals surface area contributed by atoms with Gasteiger partial charge in [-0.25, -0.2) is 0 Å². The summed E-state index contributed by atoms with van der Waals surface area (Å²) < 4.78 is 1.22. The van der Waals surface area contributed by atoms with E-state index in [1.54, 1.807) is 11.3 Å². The van der Waals surface area contributed by atoms with Gasteiger partial charge in [-0.2, -0.15) is 0 Å². The van der Waals surface area contributed by atoms with Gasteiger partial charge in [0, 0.05) is 0 Å². The van der Waals surface area contributed by atoms with Gasteiger partial charge in [0.1, 0.15) is 0 Å². The van der Waals surface area contributed by atoms with Gasteiger partial charge in [0.05, 0.1) is 9.72 Å². The maximum atomic E-state index is 6.04. The number of thiophene rings is 1.